The molecule has 2 aromatic rings. The van der Waals surface area contributed by atoms with Gasteiger partial charge in [0.05, 0.1) is 12.4 Å². The molecule has 8 heteroatoms. The maximum absolute atomic E-state index is 11.7. The Hall–Kier alpha value is -3.42. The summed E-state index contributed by atoms with van der Waals surface area (Å²) in [6, 6.07) is 7.27. The van der Waals surface area contributed by atoms with Crippen LogP contribution in [-0.4, -0.2) is 34.2 Å². The second-order valence-electron chi connectivity index (χ2n) is 5.72. The van der Waals surface area contributed by atoms with Gasteiger partial charge in [-0.25, -0.2) is 10.9 Å². The number of amides is 2. The Kier molecular flexibility index (Phi) is 8.86. The van der Waals surface area contributed by atoms with Crippen LogP contribution in [0.5, 0.6) is 0 Å². The predicted octanol–water partition coefficient (Wildman–Crippen LogP) is 2.03. The zero-order valence-electron chi connectivity index (χ0n) is 14.9. The molecule has 27 heavy (non-hydrogen) atoms. The summed E-state index contributed by atoms with van der Waals surface area (Å²) in [7, 11) is 0. The molecule has 2 heterocycles. The van der Waals surface area contributed by atoms with Crippen molar-refractivity contribution in [1.29, 1.82) is 0 Å². The maximum atomic E-state index is 11.7. The van der Waals surface area contributed by atoms with Gasteiger partial charge in [-0.3, -0.25) is 19.6 Å². The fraction of sp³-hybridized carbons (Fsp3) is 0.263. The first-order valence-electron chi connectivity index (χ1n) is 8.68. The van der Waals surface area contributed by atoms with Crippen molar-refractivity contribution in [1.82, 2.24) is 20.8 Å². The van der Waals surface area contributed by atoms with Gasteiger partial charge in [0.15, 0.2) is 0 Å². The Bertz CT molecular complexity index is 697. The first kappa shape index (κ1) is 19.9. The molecule has 0 unspecified atom stereocenters. The molecule has 0 aliphatic carbocycles. The van der Waals surface area contributed by atoms with Crippen molar-refractivity contribution in [3.63, 3.8) is 0 Å². The molecule has 0 radical (unpaired) electrons. The van der Waals surface area contributed by atoms with E-state index in [2.05, 4.69) is 31.0 Å². The summed E-state index contributed by atoms with van der Waals surface area (Å²) in [6.45, 7) is 0. The molecule has 0 spiro atoms. The highest BCUT2D eigenvalue weighted by Crippen LogP contribution is 2.03. The van der Waals surface area contributed by atoms with E-state index in [-0.39, 0.29) is 11.8 Å². The standard InChI is InChI=1S/C19H22N6O2/c26-18(24-22-14-16-6-4-10-20-12-16)8-2-1-3-9-19(27)25-23-15-17-7-5-11-21-13-17/h4-7,10-15H,1-3,8-9H2,(H,24,26)(H,25,27)/b22-14+,23-15+. The van der Waals surface area contributed by atoms with Gasteiger partial charge in [0, 0.05) is 48.8 Å². The molecule has 0 fully saturated rings. The van der Waals surface area contributed by atoms with E-state index in [4.69, 9.17) is 0 Å². The van der Waals surface area contributed by atoms with Crippen molar-refractivity contribution < 1.29 is 9.59 Å². The van der Waals surface area contributed by atoms with Gasteiger partial charge in [-0.15, -0.1) is 0 Å². The van der Waals surface area contributed by atoms with Gasteiger partial charge in [0.1, 0.15) is 0 Å². The lowest BCUT2D eigenvalue weighted by Crippen LogP contribution is -2.18. The first-order valence-corrected chi connectivity index (χ1v) is 8.68. The average Bonchev–Trinajstić information content (AvgIpc) is 2.69. The molecule has 0 aliphatic rings. The number of carbonyl (C=O) groups excluding carboxylic acids is 2. The predicted molar refractivity (Wildman–Crippen MR) is 103 cm³/mol. The van der Waals surface area contributed by atoms with Crippen molar-refractivity contribution in [2.75, 3.05) is 0 Å². The van der Waals surface area contributed by atoms with Gasteiger partial charge in [0.25, 0.3) is 0 Å². The highest BCUT2D eigenvalue weighted by atomic mass is 16.2. The number of unbranched alkanes of at least 4 members (excludes halogenated alkanes) is 2. The van der Waals surface area contributed by atoms with Crippen molar-refractivity contribution in [2.24, 2.45) is 10.2 Å². The maximum Gasteiger partial charge on any atom is 0.240 e. The molecular weight excluding hydrogens is 344 g/mol. The van der Waals surface area contributed by atoms with Crippen molar-refractivity contribution in [2.45, 2.75) is 32.1 Å². The number of hydrazone groups is 2. The van der Waals surface area contributed by atoms with E-state index < -0.39 is 0 Å². The number of hydrogen-bond donors (Lipinski definition) is 2. The Morgan fingerprint density at radius 1 is 0.815 bits per heavy atom. The lowest BCUT2D eigenvalue weighted by Gasteiger charge is -2.01. The van der Waals surface area contributed by atoms with Crippen molar-refractivity contribution in [3.8, 4) is 0 Å². The average molecular weight is 366 g/mol. The largest absolute Gasteiger partial charge is 0.273 e. The molecule has 8 nitrogen and oxygen atoms in total. The third-order valence-electron chi connectivity index (χ3n) is 3.48. The minimum Gasteiger partial charge on any atom is -0.273 e. The highest BCUT2D eigenvalue weighted by molar-refractivity contribution is 5.82. The normalized spacial score (nSPS) is 11.0. The van der Waals surface area contributed by atoms with E-state index >= 15 is 0 Å². The minimum absolute atomic E-state index is 0.152. The molecule has 0 bridgehead atoms. The topological polar surface area (TPSA) is 109 Å². The number of carbonyl (C=O) groups is 2. The second-order valence-corrected chi connectivity index (χ2v) is 5.72. The molecule has 2 aromatic heterocycles. The van der Waals surface area contributed by atoms with Crippen LogP contribution in [0.3, 0.4) is 0 Å². The lowest BCUT2D eigenvalue weighted by atomic mass is 10.1. The van der Waals surface area contributed by atoms with E-state index in [1.807, 2.05) is 12.1 Å². The van der Waals surface area contributed by atoms with Crippen LogP contribution in [0.25, 0.3) is 0 Å². The zero-order chi connectivity index (χ0) is 19.2. The molecule has 0 saturated carbocycles. The van der Waals surface area contributed by atoms with E-state index in [0.717, 1.165) is 17.5 Å². The van der Waals surface area contributed by atoms with Gasteiger partial charge in [0.2, 0.25) is 11.8 Å². The van der Waals surface area contributed by atoms with E-state index in [0.29, 0.717) is 25.7 Å². The minimum atomic E-state index is -0.152. The summed E-state index contributed by atoms with van der Waals surface area (Å²) >= 11 is 0. The summed E-state index contributed by atoms with van der Waals surface area (Å²) in [5.74, 6) is -0.304. The smallest absolute Gasteiger partial charge is 0.240 e. The van der Waals surface area contributed by atoms with E-state index in [1.165, 1.54) is 0 Å². The Balaban J connectivity index is 1.51. The van der Waals surface area contributed by atoms with Gasteiger partial charge >= 0.3 is 0 Å². The van der Waals surface area contributed by atoms with E-state index in [1.54, 1.807) is 49.3 Å². The summed E-state index contributed by atoms with van der Waals surface area (Å²) in [6.07, 6.45) is 12.6. The lowest BCUT2D eigenvalue weighted by molar-refractivity contribution is -0.121. The van der Waals surface area contributed by atoms with Gasteiger partial charge in [-0.05, 0) is 25.0 Å². The molecular formula is C19H22N6O2. The SMILES string of the molecule is O=C(CCCCCC(=O)N/N=C/c1cccnc1)N/N=C/c1cccnc1. The van der Waals surface area contributed by atoms with Crippen LogP contribution in [-0.2, 0) is 9.59 Å². The van der Waals surface area contributed by atoms with Crippen LogP contribution in [0.1, 0.15) is 43.2 Å². The van der Waals surface area contributed by atoms with Crippen LogP contribution in [0.2, 0.25) is 0 Å². The second kappa shape index (κ2) is 12.0. The summed E-state index contributed by atoms with van der Waals surface area (Å²) in [5.41, 5.74) is 6.58. The highest BCUT2D eigenvalue weighted by Gasteiger charge is 2.02. The Labute approximate surface area is 157 Å². The molecule has 0 atom stereocenters. The number of pyridine rings is 2. The number of aromatic nitrogens is 2. The van der Waals surface area contributed by atoms with Crippen LogP contribution in [0.15, 0.2) is 59.3 Å². The number of nitrogens with zero attached hydrogens (tertiary/aromatic N) is 4. The summed E-state index contributed by atoms with van der Waals surface area (Å²) in [5, 5.41) is 7.76. The third kappa shape index (κ3) is 9.01. The molecule has 2 amide bonds. The fourth-order valence-corrected chi connectivity index (χ4v) is 2.12. The quantitative estimate of drug-likeness (QED) is 0.381. The zero-order valence-corrected chi connectivity index (χ0v) is 14.9. The van der Waals surface area contributed by atoms with Crippen molar-refractivity contribution >= 4 is 24.2 Å². The molecule has 2 N–H and O–H groups in total. The van der Waals surface area contributed by atoms with Gasteiger partial charge < -0.3 is 0 Å². The molecule has 0 saturated heterocycles. The summed E-state index contributed by atoms with van der Waals surface area (Å²) in [4.78, 5) is 31.2. The first-order chi connectivity index (χ1) is 13.2. The Morgan fingerprint density at radius 2 is 1.30 bits per heavy atom. The van der Waals surface area contributed by atoms with Gasteiger partial charge in [-0.2, -0.15) is 10.2 Å². The van der Waals surface area contributed by atoms with Crippen molar-refractivity contribution in [3.05, 3.63) is 60.2 Å². The Morgan fingerprint density at radius 3 is 1.70 bits per heavy atom. The molecule has 140 valence electrons. The molecule has 2 rings (SSSR count). The monoisotopic (exact) mass is 366 g/mol. The van der Waals surface area contributed by atoms with Gasteiger partial charge in [-0.1, -0.05) is 18.6 Å². The van der Waals surface area contributed by atoms with Crippen LogP contribution in [0.4, 0.5) is 0 Å². The van der Waals surface area contributed by atoms with E-state index in [9.17, 15) is 9.59 Å². The third-order valence-corrected chi connectivity index (χ3v) is 3.48. The number of nitrogens with one attached hydrogen (secondary N) is 2. The summed E-state index contributed by atoms with van der Waals surface area (Å²) < 4.78 is 0. The number of hydrogen-bond acceptors (Lipinski definition) is 6. The van der Waals surface area contributed by atoms with Crippen LogP contribution < -0.4 is 10.9 Å². The molecule has 0 aliphatic heterocycles. The molecule has 0 aromatic carbocycles. The fourth-order valence-electron chi connectivity index (χ4n) is 2.12. The number of rotatable bonds is 10. The van der Waals surface area contributed by atoms with Crippen LogP contribution in [0, 0.1) is 0 Å². The van der Waals surface area contributed by atoms with Crippen LogP contribution >= 0.6 is 0 Å².